The van der Waals surface area contributed by atoms with E-state index >= 15 is 0 Å². The van der Waals surface area contributed by atoms with Crippen LogP contribution in [0.2, 0.25) is 0 Å². The van der Waals surface area contributed by atoms with Crippen molar-refractivity contribution in [3.63, 3.8) is 0 Å². The minimum absolute atomic E-state index is 0.119. The minimum Gasteiger partial charge on any atom is -0.344 e. The highest BCUT2D eigenvalue weighted by Crippen LogP contribution is 2.17. The third-order valence-electron chi connectivity index (χ3n) is 4.60. The molecule has 1 aromatic heterocycles. The monoisotopic (exact) mass is 437 g/mol. The van der Waals surface area contributed by atoms with Gasteiger partial charge in [-0.15, -0.1) is 0 Å². The molecule has 0 radical (unpaired) electrons. The van der Waals surface area contributed by atoms with E-state index in [0.717, 1.165) is 10.7 Å². The van der Waals surface area contributed by atoms with Gasteiger partial charge >= 0.3 is 0 Å². The molecule has 3 rings (SSSR count). The molecule has 0 saturated heterocycles. The maximum atomic E-state index is 12.8. The van der Waals surface area contributed by atoms with Gasteiger partial charge < -0.3 is 20.1 Å². The van der Waals surface area contributed by atoms with E-state index in [1.807, 2.05) is 67.1 Å². The minimum atomic E-state index is -0.154. The Morgan fingerprint density at radius 3 is 2.42 bits per heavy atom. The van der Waals surface area contributed by atoms with E-state index in [1.165, 1.54) is 11.8 Å². The average Bonchev–Trinajstić information content (AvgIpc) is 3.17. The number of carbonyl (C=O) groups excluding carboxylic acids is 2. The fourth-order valence-electron chi connectivity index (χ4n) is 3.05. The van der Waals surface area contributed by atoms with Gasteiger partial charge in [-0.3, -0.25) is 9.59 Å². The number of nitrogens with zero attached hydrogens (tertiary/aromatic N) is 3. The third-order valence-corrected chi connectivity index (χ3v) is 5.65. The van der Waals surface area contributed by atoms with Crippen LogP contribution in [0.4, 0.5) is 5.69 Å². The second kappa shape index (κ2) is 10.8. The first-order valence-electron chi connectivity index (χ1n) is 9.93. The van der Waals surface area contributed by atoms with Gasteiger partial charge in [0.05, 0.1) is 11.8 Å². The molecular weight excluding hydrogens is 410 g/mol. The van der Waals surface area contributed by atoms with E-state index in [2.05, 4.69) is 15.6 Å². The highest BCUT2D eigenvalue weighted by Gasteiger charge is 2.16. The highest BCUT2D eigenvalue weighted by molar-refractivity contribution is 7.99. The van der Waals surface area contributed by atoms with E-state index in [0.29, 0.717) is 17.8 Å². The Bertz CT molecular complexity index is 1000. The second-order valence-corrected chi connectivity index (χ2v) is 8.38. The molecule has 7 nitrogen and oxygen atoms in total. The van der Waals surface area contributed by atoms with Crippen molar-refractivity contribution in [1.29, 1.82) is 0 Å². The topological polar surface area (TPSA) is 79.3 Å². The summed E-state index contributed by atoms with van der Waals surface area (Å²) in [6.45, 7) is 0.692. The van der Waals surface area contributed by atoms with E-state index in [1.54, 1.807) is 30.5 Å². The molecule has 0 aliphatic rings. The van der Waals surface area contributed by atoms with Crippen LogP contribution in [0.1, 0.15) is 22.0 Å². The molecule has 3 aromatic rings. The molecule has 8 heteroatoms. The van der Waals surface area contributed by atoms with Crippen molar-refractivity contribution in [2.75, 3.05) is 31.7 Å². The molecule has 2 amide bonds. The van der Waals surface area contributed by atoms with Crippen LogP contribution in [-0.4, -0.2) is 52.7 Å². The Hall–Kier alpha value is -3.10. The number of anilines is 1. The van der Waals surface area contributed by atoms with Crippen LogP contribution in [-0.2, 0) is 11.8 Å². The molecular formula is C23H27N5O2S. The van der Waals surface area contributed by atoms with Crippen molar-refractivity contribution in [1.82, 2.24) is 19.8 Å². The Morgan fingerprint density at radius 1 is 1.10 bits per heavy atom. The van der Waals surface area contributed by atoms with Crippen LogP contribution in [0, 0.1) is 0 Å². The average molecular weight is 438 g/mol. The third kappa shape index (κ3) is 6.70. The van der Waals surface area contributed by atoms with E-state index in [9.17, 15) is 9.59 Å². The summed E-state index contributed by atoms with van der Waals surface area (Å²) in [6, 6.07) is 16.7. The molecule has 0 aliphatic heterocycles. The van der Waals surface area contributed by atoms with Crippen LogP contribution in [0.25, 0.3) is 0 Å². The van der Waals surface area contributed by atoms with Crippen LogP contribution >= 0.6 is 11.8 Å². The first-order valence-corrected chi connectivity index (χ1v) is 10.9. The lowest BCUT2D eigenvalue weighted by Gasteiger charge is -2.23. The number of likely N-dealkylation sites (N-methyl/N-ethyl adjacent to an activating group) is 1. The molecule has 0 saturated carbocycles. The molecule has 31 heavy (non-hydrogen) atoms. The SMILES string of the molecule is CN(C)C[C@H](NC(=O)c1ccc(NC(=O)CSc2nccn2C)cc1)c1ccccc1. The fraction of sp³-hybridized carbons (Fsp3) is 0.261. The molecule has 0 bridgehead atoms. The smallest absolute Gasteiger partial charge is 0.251 e. The number of rotatable bonds is 9. The number of benzene rings is 2. The number of nitrogens with one attached hydrogen (secondary N) is 2. The van der Waals surface area contributed by atoms with Crippen molar-refractivity contribution in [3.8, 4) is 0 Å². The quantitative estimate of drug-likeness (QED) is 0.503. The van der Waals surface area contributed by atoms with Gasteiger partial charge in [0.2, 0.25) is 5.91 Å². The van der Waals surface area contributed by atoms with Gasteiger partial charge in [-0.2, -0.15) is 0 Å². The van der Waals surface area contributed by atoms with Crippen LogP contribution in [0.5, 0.6) is 0 Å². The zero-order valence-electron chi connectivity index (χ0n) is 17.9. The summed E-state index contributed by atoms with van der Waals surface area (Å²) in [7, 11) is 5.84. The standard InChI is InChI=1S/C23H27N5O2S/c1-27(2)15-20(17-7-5-4-6-8-17)26-22(30)18-9-11-19(12-10-18)25-21(29)16-31-23-24-13-14-28(23)3/h4-14,20H,15-16H2,1-3H3,(H,25,29)(H,26,30)/t20-/m0/s1. The van der Waals surface area contributed by atoms with E-state index in [4.69, 9.17) is 0 Å². The second-order valence-electron chi connectivity index (χ2n) is 7.43. The van der Waals surface area contributed by atoms with Crippen molar-refractivity contribution in [3.05, 3.63) is 78.1 Å². The maximum Gasteiger partial charge on any atom is 0.251 e. The summed E-state index contributed by atoms with van der Waals surface area (Å²) in [5, 5.41) is 6.73. The van der Waals surface area contributed by atoms with Crippen molar-refractivity contribution < 1.29 is 9.59 Å². The summed E-state index contributed by atoms with van der Waals surface area (Å²) in [5.74, 6) is -0.0182. The summed E-state index contributed by atoms with van der Waals surface area (Å²) >= 11 is 1.37. The molecule has 0 unspecified atom stereocenters. The number of aryl methyl sites for hydroxylation is 1. The van der Waals surface area contributed by atoms with Crippen LogP contribution in [0.15, 0.2) is 72.1 Å². The number of imidazole rings is 1. The van der Waals surface area contributed by atoms with Gasteiger partial charge in [-0.1, -0.05) is 42.1 Å². The van der Waals surface area contributed by atoms with Gasteiger partial charge in [0.25, 0.3) is 5.91 Å². The van der Waals surface area contributed by atoms with Gasteiger partial charge in [0.1, 0.15) is 0 Å². The zero-order valence-corrected chi connectivity index (χ0v) is 18.7. The van der Waals surface area contributed by atoms with Gasteiger partial charge in [0, 0.05) is 37.2 Å². The predicted molar refractivity (Wildman–Crippen MR) is 124 cm³/mol. The molecule has 0 spiro atoms. The largest absolute Gasteiger partial charge is 0.344 e. The van der Waals surface area contributed by atoms with Crippen molar-refractivity contribution in [2.24, 2.45) is 7.05 Å². The number of carbonyl (C=O) groups is 2. The Balaban J connectivity index is 1.57. The van der Waals surface area contributed by atoms with Crippen LogP contribution < -0.4 is 10.6 Å². The lowest BCUT2D eigenvalue weighted by Crippen LogP contribution is -2.35. The van der Waals surface area contributed by atoms with Crippen LogP contribution in [0.3, 0.4) is 0 Å². The first-order chi connectivity index (χ1) is 14.9. The molecule has 2 aromatic carbocycles. The predicted octanol–water partition coefficient (Wildman–Crippen LogP) is 3.18. The molecule has 2 N–H and O–H groups in total. The summed E-state index contributed by atoms with van der Waals surface area (Å²) in [5.41, 5.74) is 2.24. The molecule has 1 heterocycles. The van der Waals surface area contributed by atoms with Crippen molar-refractivity contribution >= 4 is 29.3 Å². The Morgan fingerprint density at radius 2 is 1.81 bits per heavy atom. The summed E-state index contributed by atoms with van der Waals surface area (Å²) in [4.78, 5) is 31.2. The van der Waals surface area contributed by atoms with E-state index in [-0.39, 0.29) is 23.6 Å². The Kier molecular flexibility index (Phi) is 7.86. The van der Waals surface area contributed by atoms with Gasteiger partial charge in [-0.05, 0) is 43.9 Å². The molecule has 0 fully saturated rings. The van der Waals surface area contributed by atoms with Gasteiger partial charge in [-0.25, -0.2) is 4.98 Å². The summed E-state index contributed by atoms with van der Waals surface area (Å²) in [6.07, 6.45) is 3.54. The van der Waals surface area contributed by atoms with Crippen molar-refractivity contribution in [2.45, 2.75) is 11.2 Å². The zero-order chi connectivity index (χ0) is 22.2. The highest BCUT2D eigenvalue weighted by atomic mass is 32.2. The number of hydrogen-bond acceptors (Lipinski definition) is 5. The normalized spacial score (nSPS) is 11.9. The number of hydrogen-bond donors (Lipinski definition) is 2. The number of thioether (sulfide) groups is 1. The lowest BCUT2D eigenvalue weighted by atomic mass is 10.1. The first kappa shape index (κ1) is 22.6. The molecule has 0 aliphatic carbocycles. The maximum absolute atomic E-state index is 12.8. The summed E-state index contributed by atoms with van der Waals surface area (Å²) < 4.78 is 1.87. The van der Waals surface area contributed by atoms with Gasteiger partial charge in [0.15, 0.2) is 5.16 Å². The number of amides is 2. The Labute approximate surface area is 186 Å². The lowest BCUT2D eigenvalue weighted by molar-refractivity contribution is -0.113. The molecule has 1 atom stereocenters. The fourth-order valence-corrected chi connectivity index (χ4v) is 3.78. The van der Waals surface area contributed by atoms with E-state index < -0.39 is 0 Å². The molecule has 162 valence electrons. The number of aromatic nitrogens is 2.